The van der Waals surface area contributed by atoms with Crippen molar-refractivity contribution < 1.29 is 13.6 Å². The van der Waals surface area contributed by atoms with Crippen molar-refractivity contribution in [2.45, 2.75) is 6.92 Å². The number of carbonyl (C=O) groups is 1. The fourth-order valence-corrected chi connectivity index (χ4v) is 3.54. The molecule has 7 nitrogen and oxygen atoms in total. The molecule has 1 amide bonds. The first kappa shape index (κ1) is 20.3. The van der Waals surface area contributed by atoms with E-state index in [1.807, 2.05) is 73.7 Å². The van der Waals surface area contributed by atoms with Gasteiger partial charge in [-0.3, -0.25) is 4.79 Å². The van der Waals surface area contributed by atoms with Crippen LogP contribution in [0.25, 0.3) is 33.7 Å². The Morgan fingerprint density at radius 3 is 2.58 bits per heavy atom. The molecule has 33 heavy (non-hydrogen) atoms. The average Bonchev–Trinajstić information content (AvgIpc) is 3.48. The molecular formula is C26H20N4O3. The molecule has 162 valence electrons. The van der Waals surface area contributed by atoms with Gasteiger partial charge in [-0.25, -0.2) is 10.4 Å². The van der Waals surface area contributed by atoms with Gasteiger partial charge in [0, 0.05) is 11.1 Å². The van der Waals surface area contributed by atoms with Crippen molar-refractivity contribution in [1.29, 1.82) is 0 Å². The van der Waals surface area contributed by atoms with E-state index in [1.54, 1.807) is 18.5 Å². The molecule has 0 radical (unpaired) electrons. The highest BCUT2D eigenvalue weighted by atomic mass is 16.4. The highest BCUT2D eigenvalue weighted by Gasteiger charge is 2.24. The maximum atomic E-state index is 12.8. The summed E-state index contributed by atoms with van der Waals surface area (Å²) >= 11 is 0. The van der Waals surface area contributed by atoms with Crippen LogP contribution in [0.15, 0.2) is 93.0 Å². The van der Waals surface area contributed by atoms with Crippen molar-refractivity contribution in [2.75, 3.05) is 5.73 Å². The lowest BCUT2D eigenvalue weighted by Crippen LogP contribution is -2.18. The number of amides is 1. The number of carbonyl (C=O) groups excluding carboxylic acids is 1. The van der Waals surface area contributed by atoms with E-state index in [4.69, 9.17) is 14.6 Å². The number of rotatable bonds is 5. The van der Waals surface area contributed by atoms with Crippen LogP contribution in [0.2, 0.25) is 0 Å². The molecule has 0 aliphatic carbocycles. The zero-order chi connectivity index (χ0) is 22.8. The number of benzene rings is 2. The van der Waals surface area contributed by atoms with Crippen LogP contribution in [0.5, 0.6) is 0 Å². The number of pyridine rings is 1. The molecule has 3 heterocycles. The van der Waals surface area contributed by atoms with Crippen LogP contribution in [0.4, 0.5) is 5.69 Å². The predicted octanol–water partition coefficient (Wildman–Crippen LogP) is 5.41. The van der Waals surface area contributed by atoms with Gasteiger partial charge in [-0.05, 0) is 30.7 Å². The van der Waals surface area contributed by atoms with Crippen molar-refractivity contribution in [3.8, 4) is 22.6 Å². The zero-order valence-electron chi connectivity index (χ0n) is 17.8. The fraction of sp³-hybridized carbons (Fsp3) is 0.0385. The van der Waals surface area contributed by atoms with Crippen molar-refractivity contribution >= 4 is 28.9 Å². The fourth-order valence-electron chi connectivity index (χ4n) is 3.54. The molecule has 0 unspecified atom stereocenters. The van der Waals surface area contributed by atoms with Gasteiger partial charge in [0.15, 0.2) is 0 Å². The number of hydrogen-bond donors (Lipinski definition) is 2. The van der Waals surface area contributed by atoms with Gasteiger partial charge in [0.05, 0.1) is 29.2 Å². The monoisotopic (exact) mass is 436 g/mol. The molecule has 5 aromatic rings. The maximum absolute atomic E-state index is 12.8. The number of nitrogens with one attached hydrogen (secondary N) is 1. The second kappa shape index (κ2) is 8.47. The molecule has 0 aliphatic rings. The number of nitrogens with zero attached hydrogens (tertiary/aromatic N) is 2. The molecule has 5 rings (SSSR count). The Balaban J connectivity index is 1.56. The minimum absolute atomic E-state index is 0.0587. The number of hydrazone groups is 1. The van der Waals surface area contributed by atoms with Gasteiger partial charge < -0.3 is 14.6 Å². The van der Waals surface area contributed by atoms with Gasteiger partial charge in [-0.1, -0.05) is 60.2 Å². The van der Waals surface area contributed by atoms with Crippen LogP contribution < -0.4 is 11.2 Å². The van der Waals surface area contributed by atoms with Crippen LogP contribution in [0.3, 0.4) is 0 Å². The maximum Gasteiger partial charge on any atom is 0.309 e. The van der Waals surface area contributed by atoms with E-state index >= 15 is 0 Å². The minimum atomic E-state index is -0.569. The molecule has 0 aliphatic heterocycles. The number of hydrogen-bond acceptors (Lipinski definition) is 6. The molecular weight excluding hydrogens is 416 g/mol. The second-order valence-corrected chi connectivity index (χ2v) is 7.53. The van der Waals surface area contributed by atoms with Gasteiger partial charge in [0.25, 0.3) is 0 Å². The van der Waals surface area contributed by atoms with Crippen molar-refractivity contribution in [3.63, 3.8) is 0 Å². The summed E-state index contributed by atoms with van der Waals surface area (Å²) in [5, 5.41) is 4.51. The highest BCUT2D eigenvalue weighted by Crippen LogP contribution is 2.38. The lowest BCUT2D eigenvalue weighted by Gasteiger charge is -2.06. The van der Waals surface area contributed by atoms with Crippen molar-refractivity contribution in [3.05, 3.63) is 95.9 Å². The largest absolute Gasteiger partial charge is 0.464 e. The predicted molar refractivity (Wildman–Crippen MR) is 128 cm³/mol. The van der Waals surface area contributed by atoms with Crippen LogP contribution in [0, 0.1) is 6.92 Å². The first-order valence-corrected chi connectivity index (χ1v) is 10.3. The summed E-state index contributed by atoms with van der Waals surface area (Å²) in [6.45, 7) is 2.02. The van der Waals surface area contributed by atoms with Crippen LogP contribution in [0.1, 0.15) is 21.7 Å². The molecule has 0 saturated heterocycles. The summed E-state index contributed by atoms with van der Waals surface area (Å²) in [5.74, 6) is -0.0335. The number of aromatic nitrogens is 1. The lowest BCUT2D eigenvalue weighted by atomic mass is 10.0. The number of nitrogen functional groups attached to an aromatic ring is 1. The quantitative estimate of drug-likeness (QED) is 0.283. The molecule has 3 N–H and O–H groups in total. The molecule has 3 aromatic heterocycles. The Morgan fingerprint density at radius 2 is 1.85 bits per heavy atom. The summed E-state index contributed by atoms with van der Waals surface area (Å²) < 4.78 is 11.5. The van der Waals surface area contributed by atoms with Crippen molar-refractivity contribution in [1.82, 2.24) is 10.4 Å². The second-order valence-electron chi connectivity index (χ2n) is 7.53. The van der Waals surface area contributed by atoms with E-state index in [-0.39, 0.29) is 17.2 Å². The summed E-state index contributed by atoms with van der Waals surface area (Å²) in [7, 11) is 0. The normalized spacial score (nSPS) is 11.3. The Hall–Kier alpha value is -4.65. The number of fused-ring (bicyclic) bond motifs is 1. The topological polar surface area (TPSA) is 107 Å². The van der Waals surface area contributed by atoms with Crippen LogP contribution in [-0.4, -0.2) is 17.1 Å². The summed E-state index contributed by atoms with van der Waals surface area (Å²) in [6.07, 6.45) is 3.12. The van der Waals surface area contributed by atoms with Gasteiger partial charge in [0.2, 0.25) is 11.5 Å². The Labute approximate surface area is 189 Å². The lowest BCUT2D eigenvalue weighted by molar-refractivity contribution is 0.0930. The van der Waals surface area contributed by atoms with Gasteiger partial charge >= 0.3 is 5.91 Å². The average molecular weight is 436 g/mol. The molecule has 0 spiro atoms. The third-order valence-electron chi connectivity index (χ3n) is 5.22. The summed E-state index contributed by atoms with van der Waals surface area (Å²) in [6, 6.07) is 22.9. The van der Waals surface area contributed by atoms with Crippen LogP contribution in [-0.2, 0) is 0 Å². The number of aryl methyl sites for hydroxylation is 1. The Morgan fingerprint density at radius 1 is 1.06 bits per heavy atom. The Bertz CT molecular complexity index is 1450. The van der Waals surface area contributed by atoms with E-state index in [1.165, 1.54) is 0 Å². The third kappa shape index (κ3) is 3.99. The van der Waals surface area contributed by atoms with Gasteiger partial charge in [-0.15, -0.1) is 0 Å². The molecule has 0 bridgehead atoms. The molecule has 7 heteroatoms. The molecule has 2 aromatic carbocycles. The van der Waals surface area contributed by atoms with Crippen LogP contribution >= 0.6 is 0 Å². The number of nitrogens with two attached hydrogens (primary N) is 1. The number of anilines is 1. The zero-order valence-corrected chi connectivity index (χ0v) is 17.8. The summed E-state index contributed by atoms with van der Waals surface area (Å²) in [4.78, 5) is 17.4. The Kier molecular flexibility index (Phi) is 5.20. The summed E-state index contributed by atoms with van der Waals surface area (Å²) in [5.41, 5.74) is 13.5. The van der Waals surface area contributed by atoms with E-state index in [9.17, 15) is 4.79 Å². The standard InChI is InChI=1S/C26H20N4O3/c1-16-9-11-18(12-10-16)20-14-19(21-8-5-13-32-21)22-23(27)24(33-26(22)29-20)25(31)30-28-15-17-6-3-2-4-7-17/h2-15H,27H2,1H3,(H,30,31). The van der Waals surface area contributed by atoms with Gasteiger partial charge in [0.1, 0.15) is 5.76 Å². The SMILES string of the molecule is Cc1ccc(-c2cc(-c3ccco3)c3c(N)c(C(=O)NN=Cc4ccccc4)oc3n2)cc1. The molecule has 0 fully saturated rings. The molecule has 0 atom stereocenters. The first-order chi connectivity index (χ1) is 16.1. The van der Waals surface area contributed by atoms with Crippen molar-refractivity contribution in [2.24, 2.45) is 5.10 Å². The van der Waals surface area contributed by atoms with E-state index < -0.39 is 5.91 Å². The van der Waals surface area contributed by atoms with E-state index in [0.717, 1.165) is 16.7 Å². The van der Waals surface area contributed by atoms with E-state index in [2.05, 4.69) is 15.5 Å². The van der Waals surface area contributed by atoms with E-state index in [0.29, 0.717) is 22.4 Å². The molecule has 0 saturated carbocycles. The van der Waals surface area contributed by atoms with Gasteiger partial charge in [-0.2, -0.15) is 5.10 Å². The first-order valence-electron chi connectivity index (χ1n) is 10.3. The third-order valence-corrected chi connectivity index (χ3v) is 5.22. The number of furan rings is 2. The smallest absolute Gasteiger partial charge is 0.309 e. The minimum Gasteiger partial charge on any atom is -0.464 e. The highest BCUT2D eigenvalue weighted by molar-refractivity contribution is 6.10.